The maximum Gasteiger partial charge on any atom is 0.273 e. The summed E-state index contributed by atoms with van der Waals surface area (Å²) in [5.74, 6) is 0.494. The Kier molecular flexibility index (Phi) is 3.78. The van der Waals surface area contributed by atoms with E-state index in [9.17, 15) is 10.1 Å². The summed E-state index contributed by atoms with van der Waals surface area (Å²) in [7, 11) is 0. The fraction of sp³-hybridized carbons (Fsp3) is 0.182. The Morgan fingerprint density at radius 1 is 1.56 bits per heavy atom. The minimum absolute atomic E-state index is 0.0120. The summed E-state index contributed by atoms with van der Waals surface area (Å²) in [5.41, 5.74) is 0.856. The summed E-state index contributed by atoms with van der Waals surface area (Å²) in [6, 6.07) is 4.52. The normalized spacial score (nSPS) is 10.3. The Morgan fingerprint density at radius 2 is 2.33 bits per heavy atom. The molecular formula is C11H9ClN2O3S. The van der Waals surface area contributed by atoms with Crippen LogP contribution in [-0.2, 0) is 6.61 Å². The van der Waals surface area contributed by atoms with Gasteiger partial charge in [-0.2, -0.15) is 0 Å². The second-order valence-corrected chi connectivity index (χ2v) is 5.27. The van der Waals surface area contributed by atoms with Crippen molar-refractivity contribution in [3.63, 3.8) is 0 Å². The van der Waals surface area contributed by atoms with Crippen LogP contribution >= 0.6 is 22.9 Å². The first kappa shape index (κ1) is 12.8. The van der Waals surface area contributed by atoms with Crippen LogP contribution in [0.2, 0.25) is 4.47 Å². The van der Waals surface area contributed by atoms with Gasteiger partial charge < -0.3 is 4.74 Å². The molecule has 0 saturated heterocycles. The van der Waals surface area contributed by atoms with Crippen molar-refractivity contribution in [2.24, 2.45) is 0 Å². The Hall–Kier alpha value is -1.66. The molecule has 7 heteroatoms. The molecule has 0 aliphatic heterocycles. The first-order valence-corrected chi connectivity index (χ1v) is 6.24. The molecule has 0 aliphatic carbocycles. The van der Waals surface area contributed by atoms with Crippen molar-refractivity contribution in [3.8, 4) is 5.75 Å². The van der Waals surface area contributed by atoms with Gasteiger partial charge in [-0.05, 0) is 18.6 Å². The second kappa shape index (κ2) is 5.32. The molecule has 0 unspecified atom stereocenters. The van der Waals surface area contributed by atoms with E-state index in [0.717, 1.165) is 10.4 Å². The van der Waals surface area contributed by atoms with Crippen LogP contribution < -0.4 is 4.74 Å². The summed E-state index contributed by atoms with van der Waals surface area (Å²) in [5, 5.41) is 10.7. The number of rotatable bonds is 4. The lowest BCUT2D eigenvalue weighted by Crippen LogP contribution is -1.96. The van der Waals surface area contributed by atoms with Crippen LogP contribution in [0.1, 0.15) is 10.4 Å². The zero-order valence-corrected chi connectivity index (χ0v) is 11.0. The number of nitro groups is 1. The van der Waals surface area contributed by atoms with Crippen LogP contribution in [0.15, 0.2) is 24.4 Å². The number of aromatic nitrogens is 1. The predicted octanol–water partition coefficient (Wildman–Crippen LogP) is 3.59. The van der Waals surface area contributed by atoms with Gasteiger partial charge in [-0.3, -0.25) is 10.1 Å². The summed E-state index contributed by atoms with van der Waals surface area (Å²) >= 11 is 7.02. The van der Waals surface area contributed by atoms with Gasteiger partial charge in [-0.25, -0.2) is 4.98 Å². The number of nitro benzene ring substituents is 1. The summed E-state index contributed by atoms with van der Waals surface area (Å²) in [4.78, 5) is 15.0. The van der Waals surface area contributed by atoms with Gasteiger partial charge in [0.05, 0.1) is 15.9 Å². The van der Waals surface area contributed by atoms with Crippen LogP contribution in [0.4, 0.5) is 5.69 Å². The largest absolute Gasteiger partial charge is 0.487 e. The monoisotopic (exact) mass is 284 g/mol. The Bertz CT molecular complexity index is 585. The van der Waals surface area contributed by atoms with Gasteiger partial charge in [0.15, 0.2) is 4.47 Å². The number of hydrogen-bond acceptors (Lipinski definition) is 5. The van der Waals surface area contributed by atoms with E-state index >= 15 is 0 Å². The van der Waals surface area contributed by atoms with E-state index < -0.39 is 4.92 Å². The lowest BCUT2D eigenvalue weighted by Gasteiger charge is -2.07. The van der Waals surface area contributed by atoms with Crippen molar-refractivity contribution in [1.29, 1.82) is 0 Å². The number of halogens is 1. The average molecular weight is 285 g/mol. The maximum absolute atomic E-state index is 10.7. The van der Waals surface area contributed by atoms with Crippen molar-refractivity contribution >= 4 is 28.6 Å². The van der Waals surface area contributed by atoms with E-state index in [1.54, 1.807) is 12.3 Å². The third-order valence-corrected chi connectivity index (χ3v) is 3.37. The Labute approximate surface area is 112 Å². The van der Waals surface area contributed by atoms with Gasteiger partial charge in [-0.15, -0.1) is 11.3 Å². The molecule has 0 aliphatic rings. The number of thiazole rings is 1. The first-order chi connectivity index (χ1) is 8.56. The zero-order valence-electron chi connectivity index (χ0n) is 9.42. The van der Waals surface area contributed by atoms with Gasteiger partial charge in [0, 0.05) is 12.3 Å². The lowest BCUT2D eigenvalue weighted by molar-refractivity contribution is -0.385. The van der Waals surface area contributed by atoms with Crippen LogP contribution in [0.3, 0.4) is 0 Å². The number of aryl methyl sites for hydroxylation is 1. The van der Waals surface area contributed by atoms with E-state index in [2.05, 4.69) is 4.98 Å². The van der Waals surface area contributed by atoms with Crippen molar-refractivity contribution in [3.05, 3.63) is 49.4 Å². The molecule has 0 fully saturated rings. The molecule has 0 bridgehead atoms. The maximum atomic E-state index is 10.7. The van der Waals surface area contributed by atoms with Gasteiger partial charge in [0.1, 0.15) is 12.4 Å². The van der Waals surface area contributed by atoms with Crippen LogP contribution in [0.25, 0.3) is 0 Å². The molecule has 0 N–H and O–H groups in total. The van der Waals surface area contributed by atoms with E-state index in [-0.39, 0.29) is 5.69 Å². The van der Waals surface area contributed by atoms with Crippen molar-refractivity contribution in [2.75, 3.05) is 0 Å². The number of non-ortho nitro benzene ring substituents is 1. The quantitative estimate of drug-likeness (QED) is 0.635. The molecule has 2 rings (SSSR count). The SMILES string of the molecule is Cc1ccc([N+](=O)[O-])cc1OCc1cnc(Cl)s1. The fourth-order valence-electron chi connectivity index (χ4n) is 1.36. The molecule has 94 valence electrons. The predicted molar refractivity (Wildman–Crippen MR) is 69.3 cm³/mol. The number of hydrogen-bond donors (Lipinski definition) is 0. The Balaban J connectivity index is 2.13. The van der Waals surface area contributed by atoms with Crippen LogP contribution in [0.5, 0.6) is 5.75 Å². The number of benzene rings is 1. The minimum atomic E-state index is -0.449. The lowest BCUT2D eigenvalue weighted by atomic mass is 10.2. The molecule has 0 amide bonds. The van der Waals surface area contributed by atoms with Gasteiger partial charge in [0.25, 0.3) is 5.69 Å². The molecule has 0 spiro atoms. The Morgan fingerprint density at radius 3 is 2.94 bits per heavy atom. The number of nitrogens with zero attached hydrogens (tertiary/aromatic N) is 2. The van der Waals surface area contributed by atoms with Crippen molar-refractivity contribution in [1.82, 2.24) is 4.98 Å². The molecule has 0 saturated carbocycles. The summed E-state index contributed by atoms with van der Waals surface area (Å²) in [6.45, 7) is 2.13. The van der Waals surface area contributed by atoms with Crippen LogP contribution in [-0.4, -0.2) is 9.91 Å². The molecule has 5 nitrogen and oxygen atoms in total. The molecule has 1 aromatic heterocycles. The zero-order chi connectivity index (χ0) is 13.1. The summed E-state index contributed by atoms with van der Waals surface area (Å²) < 4.78 is 5.98. The van der Waals surface area contributed by atoms with Gasteiger partial charge in [-0.1, -0.05) is 11.6 Å². The molecule has 1 heterocycles. The highest BCUT2D eigenvalue weighted by Crippen LogP contribution is 2.26. The molecule has 0 radical (unpaired) electrons. The third-order valence-electron chi connectivity index (χ3n) is 2.28. The van der Waals surface area contributed by atoms with Crippen molar-refractivity contribution in [2.45, 2.75) is 13.5 Å². The molecule has 1 aromatic carbocycles. The van der Waals surface area contributed by atoms with E-state index in [1.807, 2.05) is 6.92 Å². The van der Waals surface area contributed by atoms with E-state index in [4.69, 9.17) is 16.3 Å². The summed E-state index contributed by atoms with van der Waals surface area (Å²) in [6.07, 6.45) is 1.62. The minimum Gasteiger partial charge on any atom is -0.487 e. The highest BCUT2D eigenvalue weighted by atomic mass is 35.5. The molecule has 0 atom stereocenters. The van der Waals surface area contributed by atoms with Gasteiger partial charge >= 0.3 is 0 Å². The topological polar surface area (TPSA) is 65.3 Å². The smallest absolute Gasteiger partial charge is 0.273 e. The fourth-order valence-corrected chi connectivity index (χ4v) is 2.25. The molecule has 18 heavy (non-hydrogen) atoms. The van der Waals surface area contributed by atoms with E-state index in [0.29, 0.717) is 16.8 Å². The number of ether oxygens (including phenoxy) is 1. The van der Waals surface area contributed by atoms with Crippen LogP contribution in [0, 0.1) is 17.0 Å². The van der Waals surface area contributed by atoms with E-state index in [1.165, 1.54) is 23.5 Å². The van der Waals surface area contributed by atoms with Crippen molar-refractivity contribution < 1.29 is 9.66 Å². The second-order valence-electron chi connectivity index (χ2n) is 3.58. The average Bonchev–Trinajstić information content (AvgIpc) is 2.74. The third kappa shape index (κ3) is 2.96. The standard InChI is InChI=1S/C11H9ClN2O3S/c1-7-2-3-8(14(15)16)4-10(7)17-6-9-5-13-11(12)18-9/h2-5H,6H2,1H3. The molecule has 2 aromatic rings. The van der Waals surface area contributed by atoms with Gasteiger partial charge in [0.2, 0.25) is 0 Å². The molecular weight excluding hydrogens is 276 g/mol. The highest BCUT2D eigenvalue weighted by molar-refractivity contribution is 7.15. The highest BCUT2D eigenvalue weighted by Gasteiger charge is 2.10. The first-order valence-electron chi connectivity index (χ1n) is 5.04.